The largest absolute Gasteiger partial charge is 0.340 e. The zero-order valence-corrected chi connectivity index (χ0v) is 12.3. The molecule has 0 saturated heterocycles. The molecule has 1 unspecified atom stereocenters. The van der Waals surface area contributed by atoms with Crippen LogP contribution in [0, 0.1) is 11.7 Å². The number of hydrogen-bond donors (Lipinski definition) is 1. The summed E-state index contributed by atoms with van der Waals surface area (Å²) in [7, 11) is 0. The van der Waals surface area contributed by atoms with Gasteiger partial charge in [0.05, 0.1) is 0 Å². The molecule has 1 aromatic carbocycles. The summed E-state index contributed by atoms with van der Waals surface area (Å²) in [5, 5.41) is 6.69. The fourth-order valence-electron chi connectivity index (χ4n) is 1.88. The van der Waals surface area contributed by atoms with Gasteiger partial charge in [-0.2, -0.15) is 4.98 Å². The first-order chi connectivity index (χ1) is 10.0. The molecule has 1 heterocycles. The van der Waals surface area contributed by atoms with E-state index in [2.05, 4.69) is 15.5 Å². The molecule has 2 aromatic rings. The molecule has 0 spiro atoms. The van der Waals surface area contributed by atoms with Crippen LogP contribution in [0.1, 0.15) is 48.9 Å². The Morgan fingerprint density at radius 3 is 2.52 bits per heavy atom. The van der Waals surface area contributed by atoms with E-state index in [0.717, 1.165) is 0 Å². The minimum atomic E-state index is -0.379. The Bertz CT molecular complexity index is 608. The average Bonchev–Trinajstić information content (AvgIpc) is 2.93. The van der Waals surface area contributed by atoms with Crippen molar-refractivity contribution in [2.45, 2.75) is 33.2 Å². The van der Waals surface area contributed by atoms with E-state index in [1.807, 2.05) is 20.8 Å². The SMILES string of the molecule is CCc1noc(C(NC(=O)c2ccc(F)cc2)C(C)C)n1. The third-order valence-corrected chi connectivity index (χ3v) is 3.13. The highest BCUT2D eigenvalue weighted by Gasteiger charge is 2.24. The highest BCUT2D eigenvalue weighted by molar-refractivity contribution is 5.94. The quantitative estimate of drug-likeness (QED) is 0.919. The van der Waals surface area contributed by atoms with Gasteiger partial charge < -0.3 is 9.84 Å². The first kappa shape index (κ1) is 15.2. The van der Waals surface area contributed by atoms with E-state index in [9.17, 15) is 9.18 Å². The summed E-state index contributed by atoms with van der Waals surface area (Å²) in [6, 6.07) is 5.00. The Morgan fingerprint density at radius 2 is 2.00 bits per heavy atom. The fraction of sp³-hybridized carbons (Fsp3) is 0.400. The lowest BCUT2D eigenvalue weighted by Gasteiger charge is -2.18. The van der Waals surface area contributed by atoms with E-state index in [1.54, 1.807) is 0 Å². The Morgan fingerprint density at radius 1 is 1.33 bits per heavy atom. The molecule has 1 N–H and O–H groups in total. The van der Waals surface area contributed by atoms with Crippen LogP contribution in [0.3, 0.4) is 0 Å². The molecule has 0 bridgehead atoms. The van der Waals surface area contributed by atoms with E-state index in [-0.39, 0.29) is 23.7 Å². The van der Waals surface area contributed by atoms with Crippen LogP contribution in [0.5, 0.6) is 0 Å². The number of rotatable bonds is 5. The van der Waals surface area contributed by atoms with Crippen molar-refractivity contribution in [2.24, 2.45) is 5.92 Å². The summed E-state index contributed by atoms with van der Waals surface area (Å²) in [6.07, 6.45) is 0.667. The number of carbonyl (C=O) groups excluding carboxylic acids is 1. The summed E-state index contributed by atoms with van der Waals surface area (Å²) in [4.78, 5) is 16.5. The van der Waals surface area contributed by atoms with Gasteiger partial charge in [0.15, 0.2) is 5.82 Å². The average molecular weight is 291 g/mol. The Hall–Kier alpha value is -2.24. The lowest BCUT2D eigenvalue weighted by Crippen LogP contribution is -2.32. The molecule has 0 aliphatic heterocycles. The van der Waals surface area contributed by atoms with Gasteiger partial charge in [0.25, 0.3) is 5.91 Å². The maximum atomic E-state index is 12.9. The van der Waals surface area contributed by atoms with Crippen LogP contribution in [-0.4, -0.2) is 16.0 Å². The zero-order chi connectivity index (χ0) is 15.4. The Kier molecular flexibility index (Phi) is 4.67. The van der Waals surface area contributed by atoms with Crippen LogP contribution in [0.25, 0.3) is 0 Å². The first-order valence-corrected chi connectivity index (χ1v) is 6.90. The second-order valence-electron chi connectivity index (χ2n) is 5.10. The Labute approximate surface area is 122 Å². The maximum absolute atomic E-state index is 12.9. The second-order valence-corrected chi connectivity index (χ2v) is 5.10. The molecule has 0 fully saturated rings. The molecule has 2 rings (SSSR count). The van der Waals surface area contributed by atoms with Crippen LogP contribution in [0.2, 0.25) is 0 Å². The number of benzene rings is 1. The monoisotopic (exact) mass is 291 g/mol. The standard InChI is InChI=1S/C15H18FN3O2/c1-4-12-17-15(21-19-12)13(9(2)3)18-14(20)10-5-7-11(16)8-6-10/h5-9,13H,4H2,1-3H3,(H,18,20). The molecular weight excluding hydrogens is 273 g/mol. The van der Waals surface area contributed by atoms with Crippen LogP contribution in [0.15, 0.2) is 28.8 Å². The number of amides is 1. The highest BCUT2D eigenvalue weighted by Crippen LogP contribution is 2.20. The van der Waals surface area contributed by atoms with Gasteiger partial charge in [-0.1, -0.05) is 25.9 Å². The van der Waals surface area contributed by atoms with Crippen LogP contribution in [-0.2, 0) is 6.42 Å². The maximum Gasteiger partial charge on any atom is 0.251 e. The topological polar surface area (TPSA) is 68.0 Å². The smallest absolute Gasteiger partial charge is 0.251 e. The molecule has 0 aliphatic rings. The molecule has 1 aromatic heterocycles. The van der Waals surface area contributed by atoms with Crippen molar-refractivity contribution >= 4 is 5.91 Å². The molecule has 0 radical (unpaired) electrons. The van der Waals surface area contributed by atoms with Crippen molar-refractivity contribution < 1.29 is 13.7 Å². The molecular formula is C15H18FN3O2. The second kappa shape index (κ2) is 6.47. The third kappa shape index (κ3) is 3.65. The molecule has 112 valence electrons. The van der Waals surface area contributed by atoms with Crippen molar-refractivity contribution in [2.75, 3.05) is 0 Å². The van der Waals surface area contributed by atoms with Crippen molar-refractivity contribution in [3.8, 4) is 0 Å². The van der Waals surface area contributed by atoms with E-state index >= 15 is 0 Å². The minimum Gasteiger partial charge on any atom is -0.340 e. The van der Waals surface area contributed by atoms with Crippen molar-refractivity contribution in [1.82, 2.24) is 15.5 Å². The normalized spacial score (nSPS) is 12.4. The lowest BCUT2D eigenvalue weighted by atomic mass is 10.0. The number of hydrogen-bond acceptors (Lipinski definition) is 4. The predicted molar refractivity (Wildman–Crippen MR) is 75.1 cm³/mol. The molecule has 0 saturated carbocycles. The summed E-state index contributed by atoms with van der Waals surface area (Å²) >= 11 is 0. The zero-order valence-electron chi connectivity index (χ0n) is 12.3. The van der Waals surface area contributed by atoms with Gasteiger partial charge in [0.1, 0.15) is 11.9 Å². The molecule has 0 aliphatic carbocycles. The van der Waals surface area contributed by atoms with Crippen LogP contribution >= 0.6 is 0 Å². The van der Waals surface area contributed by atoms with Gasteiger partial charge in [-0.25, -0.2) is 4.39 Å². The molecule has 1 amide bonds. The highest BCUT2D eigenvalue weighted by atomic mass is 19.1. The first-order valence-electron chi connectivity index (χ1n) is 6.90. The molecule has 21 heavy (non-hydrogen) atoms. The van der Waals surface area contributed by atoms with Gasteiger partial charge in [0, 0.05) is 12.0 Å². The van der Waals surface area contributed by atoms with Gasteiger partial charge in [-0.15, -0.1) is 0 Å². The van der Waals surface area contributed by atoms with Gasteiger partial charge in [-0.3, -0.25) is 4.79 Å². The van der Waals surface area contributed by atoms with Crippen LogP contribution in [0.4, 0.5) is 4.39 Å². The van der Waals surface area contributed by atoms with Gasteiger partial charge in [0.2, 0.25) is 5.89 Å². The molecule has 6 heteroatoms. The summed E-state index contributed by atoms with van der Waals surface area (Å²) < 4.78 is 18.1. The third-order valence-electron chi connectivity index (χ3n) is 3.13. The molecule has 5 nitrogen and oxygen atoms in total. The van der Waals surface area contributed by atoms with Crippen molar-refractivity contribution in [3.05, 3.63) is 47.4 Å². The summed E-state index contributed by atoms with van der Waals surface area (Å²) in [5.41, 5.74) is 0.386. The number of halogens is 1. The van der Waals surface area contributed by atoms with Gasteiger partial charge in [-0.05, 0) is 30.2 Å². The van der Waals surface area contributed by atoms with E-state index in [1.165, 1.54) is 24.3 Å². The molecule has 1 atom stereocenters. The minimum absolute atomic E-state index is 0.0829. The number of aromatic nitrogens is 2. The van der Waals surface area contributed by atoms with E-state index < -0.39 is 0 Å². The Balaban J connectivity index is 2.16. The van der Waals surface area contributed by atoms with Crippen molar-refractivity contribution in [1.29, 1.82) is 0 Å². The fourth-order valence-corrected chi connectivity index (χ4v) is 1.88. The van der Waals surface area contributed by atoms with E-state index in [4.69, 9.17) is 4.52 Å². The van der Waals surface area contributed by atoms with E-state index in [0.29, 0.717) is 23.7 Å². The van der Waals surface area contributed by atoms with Crippen molar-refractivity contribution in [3.63, 3.8) is 0 Å². The number of aryl methyl sites for hydroxylation is 1. The number of nitrogens with one attached hydrogen (secondary N) is 1. The summed E-state index contributed by atoms with van der Waals surface area (Å²) in [5.74, 6) is 0.393. The van der Waals surface area contributed by atoms with Crippen LogP contribution < -0.4 is 5.32 Å². The van der Waals surface area contributed by atoms with Gasteiger partial charge >= 0.3 is 0 Å². The number of carbonyl (C=O) groups is 1. The summed E-state index contributed by atoms with van der Waals surface area (Å²) in [6.45, 7) is 5.83. The number of nitrogens with zero attached hydrogens (tertiary/aromatic N) is 2. The lowest BCUT2D eigenvalue weighted by molar-refractivity contribution is 0.0914. The predicted octanol–water partition coefficient (Wildman–Crippen LogP) is 2.90.